The molecule has 1 rings (SSSR count). The minimum Gasteiger partial charge on any atom is -0.310 e. The van der Waals surface area contributed by atoms with Crippen LogP contribution in [0.4, 0.5) is 0 Å². The SMILES string of the molecule is CC(CN(C)C)NC1CCCC(C)C1C. The summed E-state index contributed by atoms with van der Waals surface area (Å²) in [5, 5.41) is 3.79. The summed E-state index contributed by atoms with van der Waals surface area (Å²) in [7, 11) is 4.29. The van der Waals surface area contributed by atoms with Crippen LogP contribution in [0.3, 0.4) is 0 Å². The number of likely N-dealkylation sites (N-methyl/N-ethyl adjacent to an activating group) is 1. The van der Waals surface area contributed by atoms with Crippen molar-refractivity contribution in [1.82, 2.24) is 10.2 Å². The third-order valence-electron chi connectivity index (χ3n) is 3.84. The predicted molar refractivity (Wildman–Crippen MR) is 67.1 cm³/mol. The average Bonchev–Trinajstić information content (AvgIpc) is 2.11. The van der Waals surface area contributed by atoms with Crippen molar-refractivity contribution in [3.8, 4) is 0 Å². The van der Waals surface area contributed by atoms with E-state index >= 15 is 0 Å². The van der Waals surface area contributed by atoms with Crippen LogP contribution < -0.4 is 5.32 Å². The number of nitrogens with zero attached hydrogens (tertiary/aromatic N) is 1. The number of hydrogen-bond acceptors (Lipinski definition) is 2. The summed E-state index contributed by atoms with van der Waals surface area (Å²) >= 11 is 0. The van der Waals surface area contributed by atoms with Crippen LogP contribution in [-0.4, -0.2) is 37.6 Å². The van der Waals surface area contributed by atoms with Gasteiger partial charge in [-0.15, -0.1) is 0 Å². The van der Waals surface area contributed by atoms with E-state index in [2.05, 4.69) is 45.1 Å². The van der Waals surface area contributed by atoms with Gasteiger partial charge in [-0.3, -0.25) is 0 Å². The lowest BCUT2D eigenvalue weighted by molar-refractivity contribution is 0.187. The first-order valence-corrected chi connectivity index (χ1v) is 6.41. The normalized spacial score (nSPS) is 34.4. The molecular formula is C13H28N2. The molecule has 4 unspecified atom stereocenters. The monoisotopic (exact) mass is 212 g/mol. The Morgan fingerprint density at radius 1 is 1.27 bits per heavy atom. The Balaban J connectivity index is 2.36. The second-order valence-electron chi connectivity index (χ2n) is 5.70. The van der Waals surface area contributed by atoms with Crippen LogP contribution in [0.2, 0.25) is 0 Å². The van der Waals surface area contributed by atoms with E-state index in [1.807, 2.05) is 0 Å². The molecule has 1 aliphatic rings. The minimum absolute atomic E-state index is 0.609. The first-order chi connectivity index (χ1) is 7.00. The summed E-state index contributed by atoms with van der Waals surface area (Å²) in [6.07, 6.45) is 4.18. The summed E-state index contributed by atoms with van der Waals surface area (Å²) in [5.74, 6) is 1.73. The van der Waals surface area contributed by atoms with Gasteiger partial charge in [-0.05, 0) is 39.3 Å². The maximum absolute atomic E-state index is 3.79. The van der Waals surface area contributed by atoms with Gasteiger partial charge in [0.25, 0.3) is 0 Å². The van der Waals surface area contributed by atoms with Gasteiger partial charge in [0.2, 0.25) is 0 Å². The van der Waals surface area contributed by atoms with Crippen LogP contribution in [0.5, 0.6) is 0 Å². The molecule has 1 saturated carbocycles. The molecule has 1 fully saturated rings. The van der Waals surface area contributed by atoms with Crippen LogP contribution in [-0.2, 0) is 0 Å². The molecule has 2 heteroatoms. The Labute approximate surface area is 95.4 Å². The molecule has 0 saturated heterocycles. The topological polar surface area (TPSA) is 15.3 Å². The highest BCUT2D eigenvalue weighted by Crippen LogP contribution is 2.29. The first-order valence-electron chi connectivity index (χ1n) is 6.41. The van der Waals surface area contributed by atoms with Gasteiger partial charge >= 0.3 is 0 Å². The Kier molecular flexibility index (Phi) is 5.07. The van der Waals surface area contributed by atoms with Gasteiger partial charge in [-0.1, -0.05) is 26.7 Å². The molecule has 0 bridgehead atoms. The summed E-state index contributed by atoms with van der Waals surface area (Å²) < 4.78 is 0. The molecule has 0 aromatic rings. The molecule has 1 aliphatic carbocycles. The molecule has 4 atom stereocenters. The van der Waals surface area contributed by atoms with Crippen LogP contribution >= 0.6 is 0 Å². The predicted octanol–water partition coefficient (Wildman–Crippen LogP) is 2.35. The average molecular weight is 212 g/mol. The van der Waals surface area contributed by atoms with Gasteiger partial charge in [0.05, 0.1) is 0 Å². The van der Waals surface area contributed by atoms with E-state index in [0.717, 1.165) is 24.4 Å². The summed E-state index contributed by atoms with van der Waals surface area (Å²) in [5.41, 5.74) is 0. The fourth-order valence-corrected chi connectivity index (χ4v) is 2.78. The maximum atomic E-state index is 3.79. The van der Waals surface area contributed by atoms with E-state index in [9.17, 15) is 0 Å². The van der Waals surface area contributed by atoms with Crippen LogP contribution in [0.15, 0.2) is 0 Å². The molecule has 2 nitrogen and oxygen atoms in total. The van der Waals surface area contributed by atoms with Crippen molar-refractivity contribution in [3.63, 3.8) is 0 Å². The van der Waals surface area contributed by atoms with E-state index in [1.165, 1.54) is 19.3 Å². The van der Waals surface area contributed by atoms with Gasteiger partial charge in [0.15, 0.2) is 0 Å². The molecule has 0 aromatic heterocycles. The number of hydrogen-bond donors (Lipinski definition) is 1. The highest BCUT2D eigenvalue weighted by Gasteiger charge is 2.27. The van der Waals surface area contributed by atoms with Crippen LogP contribution in [0.1, 0.15) is 40.0 Å². The van der Waals surface area contributed by atoms with Crippen molar-refractivity contribution in [1.29, 1.82) is 0 Å². The van der Waals surface area contributed by atoms with Crippen molar-refractivity contribution >= 4 is 0 Å². The van der Waals surface area contributed by atoms with E-state index in [-0.39, 0.29) is 0 Å². The van der Waals surface area contributed by atoms with Crippen LogP contribution in [0, 0.1) is 11.8 Å². The van der Waals surface area contributed by atoms with Crippen molar-refractivity contribution in [2.24, 2.45) is 11.8 Å². The highest BCUT2D eigenvalue weighted by atomic mass is 15.1. The molecule has 0 radical (unpaired) electrons. The Morgan fingerprint density at radius 3 is 2.53 bits per heavy atom. The molecule has 1 N–H and O–H groups in total. The first kappa shape index (κ1) is 13.0. The lowest BCUT2D eigenvalue weighted by atomic mass is 9.78. The van der Waals surface area contributed by atoms with Crippen LogP contribution in [0.25, 0.3) is 0 Å². The third-order valence-corrected chi connectivity index (χ3v) is 3.84. The molecule has 0 spiro atoms. The van der Waals surface area contributed by atoms with Crippen molar-refractivity contribution in [2.45, 2.75) is 52.1 Å². The zero-order chi connectivity index (χ0) is 11.4. The van der Waals surface area contributed by atoms with E-state index in [1.54, 1.807) is 0 Å². The maximum Gasteiger partial charge on any atom is 0.0169 e. The van der Waals surface area contributed by atoms with Gasteiger partial charge in [0, 0.05) is 18.6 Å². The molecule has 0 aliphatic heterocycles. The lowest BCUT2D eigenvalue weighted by Gasteiger charge is -2.37. The summed E-state index contributed by atoms with van der Waals surface area (Å²) in [4.78, 5) is 2.26. The number of rotatable bonds is 4. The molecule has 15 heavy (non-hydrogen) atoms. The second kappa shape index (κ2) is 5.86. The lowest BCUT2D eigenvalue weighted by Crippen LogP contribution is -2.47. The van der Waals surface area contributed by atoms with Gasteiger partial charge in [-0.25, -0.2) is 0 Å². The molecule has 90 valence electrons. The van der Waals surface area contributed by atoms with E-state index < -0.39 is 0 Å². The quantitative estimate of drug-likeness (QED) is 0.769. The smallest absolute Gasteiger partial charge is 0.0169 e. The Bertz CT molecular complexity index is 179. The largest absolute Gasteiger partial charge is 0.310 e. The van der Waals surface area contributed by atoms with Gasteiger partial charge in [-0.2, -0.15) is 0 Å². The van der Waals surface area contributed by atoms with Gasteiger partial charge in [0.1, 0.15) is 0 Å². The van der Waals surface area contributed by atoms with Gasteiger partial charge < -0.3 is 10.2 Å². The fraction of sp³-hybridized carbons (Fsp3) is 1.00. The minimum atomic E-state index is 0.609. The summed E-state index contributed by atoms with van der Waals surface area (Å²) in [6.45, 7) is 8.24. The molecule has 0 amide bonds. The zero-order valence-corrected chi connectivity index (χ0v) is 11.1. The Morgan fingerprint density at radius 2 is 1.93 bits per heavy atom. The van der Waals surface area contributed by atoms with Crippen molar-refractivity contribution in [2.75, 3.05) is 20.6 Å². The highest BCUT2D eigenvalue weighted by molar-refractivity contribution is 4.84. The second-order valence-corrected chi connectivity index (χ2v) is 5.70. The Hall–Kier alpha value is -0.0800. The standard InChI is InChI=1S/C13H28N2/c1-10-7-6-8-13(12(10)3)14-11(2)9-15(4)5/h10-14H,6-9H2,1-5H3. The van der Waals surface area contributed by atoms with Crippen molar-refractivity contribution < 1.29 is 0 Å². The third kappa shape index (κ3) is 4.12. The molecule has 0 aromatic carbocycles. The summed E-state index contributed by atoms with van der Waals surface area (Å²) in [6, 6.07) is 1.35. The van der Waals surface area contributed by atoms with E-state index in [0.29, 0.717) is 6.04 Å². The molecule has 0 heterocycles. The molecular weight excluding hydrogens is 184 g/mol. The fourth-order valence-electron chi connectivity index (χ4n) is 2.78. The number of nitrogens with one attached hydrogen (secondary N) is 1. The van der Waals surface area contributed by atoms with E-state index in [4.69, 9.17) is 0 Å². The zero-order valence-electron chi connectivity index (χ0n) is 11.1. The van der Waals surface area contributed by atoms with Crippen molar-refractivity contribution in [3.05, 3.63) is 0 Å².